The molecule has 1 aliphatic heterocycles. The third-order valence-corrected chi connectivity index (χ3v) is 4.32. The van der Waals surface area contributed by atoms with E-state index in [1.54, 1.807) is 6.08 Å². The van der Waals surface area contributed by atoms with Crippen molar-refractivity contribution in [3.63, 3.8) is 0 Å². The monoisotopic (exact) mass is 341 g/mol. The first-order valence-corrected chi connectivity index (χ1v) is 8.68. The molecule has 1 heterocycles. The van der Waals surface area contributed by atoms with Crippen LogP contribution in [0.1, 0.15) is 12.5 Å². The maximum Gasteiger partial charge on any atom is 0.242 e. The highest BCUT2D eigenvalue weighted by Gasteiger charge is 2.22. The minimum absolute atomic E-state index is 0.0107. The summed E-state index contributed by atoms with van der Waals surface area (Å²) in [4.78, 5) is 29.6. The molecule has 1 aromatic carbocycles. The van der Waals surface area contributed by atoms with Gasteiger partial charge in [0.15, 0.2) is 0 Å². The zero-order valence-electron chi connectivity index (χ0n) is 14.9. The van der Waals surface area contributed by atoms with E-state index in [2.05, 4.69) is 35.8 Å². The van der Waals surface area contributed by atoms with Crippen molar-refractivity contribution in [1.82, 2.24) is 14.7 Å². The first kappa shape index (κ1) is 18.9. The van der Waals surface area contributed by atoms with E-state index >= 15 is 0 Å². The summed E-state index contributed by atoms with van der Waals surface area (Å²) < 4.78 is 0. The first-order chi connectivity index (χ1) is 12.1. The standard InChI is InChI=1S/C20H27N3O2/c1-3-11-23(18(2)24)17-20(25)22-15-13-21(14-16-22)12-7-10-19-8-5-4-6-9-19/h3-10H,1,11-17H2,2H3/b10-7+. The van der Waals surface area contributed by atoms with Crippen LogP contribution >= 0.6 is 0 Å². The largest absolute Gasteiger partial charge is 0.339 e. The van der Waals surface area contributed by atoms with Crippen molar-refractivity contribution in [2.45, 2.75) is 6.92 Å². The van der Waals surface area contributed by atoms with E-state index in [1.807, 2.05) is 23.1 Å². The second-order valence-corrected chi connectivity index (χ2v) is 6.18. The van der Waals surface area contributed by atoms with Crippen LogP contribution in [0.3, 0.4) is 0 Å². The Hall–Kier alpha value is -2.40. The van der Waals surface area contributed by atoms with Crippen LogP contribution in [0.2, 0.25) is 0 Å². The van der Waals surface area contributed by atoms with Crippen molar-refractivity contribution < 1.29 is 9.59 Å². The number of carbonyl (C=O) groups excluding carboxylic acids is 2. The Morgan fingerprint density at radius 1 is 1.16 bits per heavy atom. The molecule has 1 aromatic rings. The molecule has 0 aliphatic carbocycles. The number of hydrogen-bond donors (Lipinski definition) is 0. The molecule has 1 fully saturated rings. The van der Waals surface area contributed by atoms with E-state index in [1.165, 1.54) is 17.4 Å². The fraction of sp³-hybridized carbons (Fsp3) is 0.400. The summed E-state index contributed by atoms with van der Waals surface area (Å²) >= 11 is 0. The maximum atomic E-state index is 12.4. The number of carbonyl (C=O) groups is 2. The lowest BCUT2D eigenvalue weighted by Crippen LogP contribution is -2.51. The lowest BCUT2D eigenvalue weighted by atomic mass is 10.2. The molecule has 0 aromatic heterocycles. The van der Waals surface area contributed by atoms with Crippen LogP contribution in [0.5, 0.6) is 0 Å². The van der Waals surface area contributed by atoms with Gasteiger partial charge in [-0.2, -0.15) is 0 Å². The molecule has 0 unspecified atom stereocenters. The Kier molecular flexibility index (Phi) is 7.41. The van der Waals surface area contributed by atoms with Gasteiger partial charge in [0.2, 0.25) is 11.8 Å². The van der Waals surface area contributed by atoms with Crippen molar-refractivity contribution in [2.75, 3.05) is 45.8 Å². The van der Waals surface area contributed by atoms with Crippen LogP contribution in [-0.2, 0) is 9.59 Å². The average molecular weight is 341 g/mol. The minimum Gasteiger partial charge on any atom is -0.339 e. The molecule has 5 heteroatoms. The molecule has 2 rings (SSSR count). The average Bonchev–Trinajstić information content (AvgIpc) is 2.62. The molecule has 1 aliphatic rings. The van der Waals surface area contributed by atoms with Crippen LogP contribution in [-0.4, -0.2) is 72.3 Å². The summed E-state index contributed by atoms with van der Waals surface area (Å²) in [6.45, 7) is 9.65. The number of piperazine rings is 1. The molecule has 0 spiro atoms. The van der Waals surface area contributed by atoms with E-state index < -0.39 is 0 Å². The van der Waals surface area contributed by atoms with Crippen LogP contribution in [0.25, 0.3) is 6.08 Å². The first-order valence-electron chi connectivity index (χ1n) is 8.68. The third-order valence-electron chi connectivity index (χ3n) is 4.32. The molecule has 1 saturated heterocycles. The molecular formula is C20H27N3O2. The van der Waals surface area contributed by atoms with Gasteiger partial charge >= 0.3 is 0 Å². The van der Waals surface area contributed by atoms with E-state index in [9.17, 15) is 9.59 Å². The molecular weight excluding hydrogens is 314 g/mol. The fourth-order valence-electron chi connectivity index (χ4n) is 2.81. The highest BCUT2D eigenvalue weighted by Crippen LogP contribution is 2.06. The van der Waals surface area contributed by atoms with E-state index in [4.69, 9.17) is 0 Å². The van der Waals surface area contributed by atoms with E-state index in [0.29, 0.717) is 19.6 Å². The van der Waals surface area contributed by atoms with Crippen molar-refractivity contribution in [2.24, 2.45) is 0 Å². The van der Waals surface area contributed by atoms with Gasteiger partial charge in [-0.3, -0.25) is 14.5 Å². The second-order valence-electron chi connectivity index (χ2n) is 6.18. The van der Waals surface area contributed by atoms with Crippen LogP contribution in [0, 0.1) is 0 Å². The van der Waals surface area contributed by atoms with Gasteiger partial charge in [0.25, 0.3) is 0 Å². The zero-order valence-corrected chi connectivity index (χ0v) is 14.9. The minimum atomic E-state index is -0.0991. The Balaban J connectivity index is 1.75. The highest BCUT2D eigenvalue weighted by molar-refractivity contribution is 5.84. The summed E-state index contributed by atoms with van der Waals surface area (Å²) in [5, 5.41) is 0. The molecule has 25 heavy (non-hydrogen) atoms. The smallest absolute Gasteiger partial charge is 0.242 e. The Morgan fingerprint density at radius 2 is 1.84 bits per heavy atom. The summed E-state index contributed by atoms with van der Waals surface area (Å²) in [5.41, 5.74) is 1.20. The zero-order chi connectivity index (χ0) is 18.1. The lowest BCUT2D eigenvalue weighted by Gasteiger charge is -2.35. The molecule has 0 radical (unpaired) electrons. The van der Waals surface area contributed by atoms with Gasteiger partial charge in [-0.1, -0.05) is 48.6 Å². The van der Waals surface area contributed by atoms with Gasteiger partial charge < -0.3 is 9.80 Å². The highest BCUT2D eigenvalue weighted by atomic mass is 16.2. The number of amides is 2. The number of hydrogen-bond acceptors (Lipinski definition) is 3. The Bertz CT molecular complexity index is 605. The van der Waals surface area contributed by atoms with Gasteiger partial charge in [0.05, 0.1) is 0 Å². The normalized spacial score (nSPS) is 15.3. The lowest BCUT2D eigenvalue weighted by molar-refractivity contribution is -0.140. The predicted octanol–water partition coefficient (Wildman–Crippen LogP) is 1.88. The summed E-state index contributed by atoms with van der Waals surface area (Å²) in [6.07, 6.45) is 5.93. The number of rotatable bonds is 7. The van der Waals surface area contributed by atoms with Crippen LogP contribution in [0.4, 0.5) is 0 Å². The molecule has 0 saturated carbocycles. The number of nitrogens with zero attached hydrogens (tertiary/aromatic N) is 3. The van der Waals surface area contributed by atoms with Crippen molar-refractivity contribution in [3.8, 4) is 0 Å². The maximum absolute atomic E-state index is 12.4. The van der Waals surface area contributed by atoms with Gasteiger partial charge in [0, 0.05) is 46.2 Å². The Morgan fingerprint density at radius 3 is 2.44 bits per heavy atom. The second kappa shape index (κ2) is 9.79. The van der Waals surface area contributed by atoms with E-state index in [0.717, 1.165) is 19.6 Å². The van der Waals surface area contributed by atoms with Gasteiger partial charge in [-0.15, -0.1) is 6.58 Å². The van der Waals surface area contributed by atoms with Crippen molar-refractivity contribution in [1.29, 1.82) is 0 Å². The van der Waals surface area contributed by atoms with Gasteiger partial charge in [-0.05, 0) is 5.56 Å². The topological polar surface area (TPSA) is 43.9 Å². The van der Waals surface area contributed by atoms with Gasteiger partial charge in [0.1, 0.15) is 6.54 Å². The Labute approximate surface area is 150 Å². The molecule has 2 amide bonds. The molecule has 0 N–H and O–H groups in total. The summed E-state index contributed by atoms with van der Waals surface area (Å²) in [7, 11) is 0. The predicted molar refractivity (Wildman–Crippen MR) is 101 cm³/mol. The van der Waals surface area contributed by atoms with Gasteiger partial charge in [-0.25, -0.2) is 0 Å². The summed E-state index contributed by atoms with van der Waals surface area (Å²) in [6, 6.07) is 10.2. The molecule has 0 atom stereocenters. The van der Waals surface area contributed by atoms with Crippen molar-refractivity contribution >= 4 is 17.9 Å². The van der Waals surface area contributed by atoms with Crippen LogP contribution < -0.4 is 0 Å². The molecule has 0 bridgehead atoms. The fourth-order valence-corrected chi connectivity index (χ4v) is 2.81. The van der Waals surface area contributed by atoms with E-state index in [-0.39, 0.29) is 18.4 Å². The molecule has 134 valence electrons. The van der Waals surface area contributed by atoms with Crippen molar-refractivity contribution in [3.05, 3.63) is 54.6 Å². The number of benzene rings is 1. The van der Waals surface area contributed by atoms with Crippen LogP contribution in [0.15, 0.2) is 49.1 Å². The SMILES string of the molecule is C=CCN(CC(=O)N1CCN(C/C=C/c2ccccc2)CC1)C(C)=O. The summed E-state index contributed by atoms with van der Waals surface area (Å²) in [5.74, 6) is -0.0885. The third kappa shape index (κ3) is 6.19. The quantitative estimate of drug-likeness (QED) is 0.711. The molecule has 5 nitrogen and oxygen atoms in total.